The van der Waals surface area contributed by atoms with Crippen molar-refractivity contribution in [3.05, 3.63) is 59.9 Å². The Balaban J connectivity index is 2.43. The number of hydrogen-bond acceptors (Lipinski definition) is 3. The van der Waals surface area contributed by atoms with Crippen LogP contribution in [0.1, 0.15) is 30.4 Å². The molecule has 0 amide bonds. The molecule has 0 aliphatic heterocycles. The van der Waals surface area contributed by atoms with Crippen molar-refractivity contribution in [1.82, 2.24) is 4.98 Å². The number of aromatic nitrogens is 1. The van der Waals surface area contributed by atoms with Gasteiger partial charge in [0.2, 0.25) is 7.37 Å². The molecule has 2 aromatic rings. The lowest BCUT2D eigenvalue weighted by Gasteiger charge is -2.19. The lowest BCUT2D eigenvalue weighted by molar-refractivity contribution is -0.138. The van der Waals surface area contributed by atoms with Crippen LogP contribution in [0.15, 0.2) is 48.8 Å². The van der Waals surface area contributed by atoms with Crippen LogP contribution in [0.2, 0.25) is 0 Å². The van der Waals surface area contributed by atoms with E-state index in [0.717, 1.165) is 5.56 Å². The second-order valence-electron chi connectivity index (χ2n) is 5.08. The molecule has 1 aromatic carbocycles. The third-order valence-electron chi connectivity index (χ3n) is 3.53. The van der Waals surface area contributed by atoms with E-state index >= 15 is 0 Å². The average Bonchev–Trinajstić information content (AvgIpc) is 2.48. The van der Waals surface area contributed by atoms with Crippen LogP contribution in [0.4, 0.5) is 0 Å². The largest absolute Gasteiger partial charge is 0.481 e. The third kappa shape index (κ3) is 3.62. The van der Waals surface area contributed by atoms with Crippen LogP contribution in [0.3, 0.4) is 0 Å². The number of hydrogen-bond donors (Lipinski definition) is 2. The Morgan fingerprint density at radius 2 is 1.95 bits per heavy atom. The molecule has 2 N–H and O–H groups in total. The van der Waals surface area contributed by atoms with E-state index in [-0.39, 0.29) is 11.5 Å². The summed E-state index contributed by atoms with van der Waals surface area (Å²) in [4.78, 5) is 25.7. The fraction of sp³-hybridized carbons (Fsp3) is 0.250. The van der Waals surface area contributed by atoms with Crippen LogP contribution < -0.4 is 5.30 Å². The number of nitrogens with zero attached hydrogens (tertiary/aromatic N) is 1. The van der Waals surface area contributed by atoms with Gasteiger partial charge in [-0.05, 0) is 23.6 Å². The zero-order chi connectivity index (χ0) is 16.2. The topological polar surface area (TPSA) is 87.5 Å². The minimum Gasteiger partial charge on any atom is -0.481 e. The van der Waals surface area contributed by atoms with Crippen LogP contribution in [0, 0.1) is 0 Å². The van der Waals surface area contributed by atoms with E-state index in [9.17, 15) is 19.4 Å². The number of carboxylic acids is 1. The Hall–Kier alpha value is -1.97. The van der Waals surface area contributed by atoms with Gasteiger partial charge in [0, 0.05) is 12.4 Å². The molecule has 2 rings (SSSR count). The number of aliphatic carboxylic acids is 1. The zero-order valence-electron chi connectivity index (χ0n) is 12.2. The highest BCUT2D eigenvalue weighted by atomic mass is 31.2. The zero-order valence-corrected chi connectivity index (χ0v) is 13.1. The second kappa shape index (κ2) is 6.86. The van der Waals surface area contributed by atoms with Gasteiger partial charge in [-0.3, -0.25) is 14.3 Å². The molecule has 1 heterocycles. The Morgan fingerprint density at radius 1 is 1.27 bits per heavy atom. The average molecular weight is 319 g/mol. The van der Waals surface area contributed by atoms with E-state index in [1.807, 2.05) is 6.07 Å². The molecule has 22 heavy (non-hydrogen) atoms. The van der Waals surface area contributed by atoms with E-state index in [4.69, 9.17) is 0 Å². The van der Waals surface area contributed by atoms with Gasteiger partial charge < -0.3 is 10.00 Å². The maximum atomic E-state index is 12.8. The summed E-state index contributed by atoms with van der Waals surface area (Å²) in [6.07, 6.45) is 3.07. The molecular weight excluding hydrogens is 301 g/mol. The maximum Gasteiger partial charge on any atom is 0.310 e. The third-order valence-corrected chi connectivity index (χ3v) is 5.45. The van der Waals surface area contributed by atoms with Crippen molar-refractivity contribution in [3.8, 4) is 0 Å². The van der Waals surface area contributed by atoms with Gasteiger partial charge in [0.1, 0.15) is 0 Å². The Bertz CT molecular complexity index is 702. The summed E-state index contributed by atoms with van der Waals surface area (Å²) < 4.78 is 12.8. The van der Waals surface area contributed by atoms with Crippen LogP contribution in [-0.4, -0.2) is 21.0 Å². The van der Waals surface area contributed by atoms with Gasteiger partial charge in [-0.2, -0.15) is 0 Å². The number of carbonyl (C=O) groups is 1. The van der Waals surface area contributed by atoms with Crippen molar-refractivity contribution in [3.63, 3.8) is 0 Å². The van der Waals surface area contributed by atoms with Gasteiger partial charge in [-0.25, -0.2) is 0 Å². The number of pyridine rings is 1. The quantitative estimate of drug-likeness (QED) is 0.799. The van der Waals surface area contributed by atoms with Crippen molar-refractivity contribution in [2.24, 2.45) is 0 Å². The second-order valence-corrected chi connectivity index (χ2v) is 7.28. The van der Waals surface area contributed by atoms with E-state index < -0.39 is 19.3 Å². The summed E-state index contributed by atoms with van der Waals surface area (Å²) in [5, 5.41) is 9.45. The van der Waals surface area contributed by atoms with Gasteiger partial charge in [-0.15, -0.1) is 0 Å². The molecule has 0 aliphatic carbocycles. The fourth-order valence-electron chi connectivity index (χ4n) is 2.43. The molecule has 0 saturated heterocycles. The lowest BCUT2D eigenvalue weighted by atomic mass is 9.98. The maximum absolute atomic E-state index is 12.8. The molecule has 0 bridgehead atoms. The number of benzene rings is 1. The van der Waals surface area contributed by atoms with E-state index in [0.29, 0.717) is 12.0 Å². The van der Waals surface area contributed by atoms with Crippen LogP contribution in [0.5, 0.6) is 0 Å². The lowest BCUT2D eigenvalue weighted by Crippen LogP contribution is -2.21. The minimum atomic E-state index is -3.74. The highest BCUT2D eigenvalue weighted by Gasteiger charge is 2.30. The molecule has 0 aliphatic rings. The number of rotatable bonds is 6. The molecule has 0 fully saturated rings. The van der Waals surface area contributed by atoms with E-state index in [1.54, 1.807) is 31.2 Å². The molecule has 2 atom stereocenters. The first-order chi connectivity index (χ1) is 10.5. The monoisotopic (exact) mass is 319 g/mol. The van der Waals surface area contributed by atoms with Gasteiger partial charge in [-0.1, -0.05) is 37.3 Å². The smallest absolute Gasteiger partial charge is 0.310 e. The highest BCUT2D eigenvalue weighted by Crippen LogP contribution is 2.45. The molecule has 116 valence electrons. The first-order valence-corrected chi connectivity index (χ1v) is 8.83. The Kier molecular flexibility index (Phi) is 5.11. The summed E-state index contributed by atoms with van der Waals surface area (Å²) in [6.45, 7) is 1.74. The van der Waals surface area contributed by atoms with Gasteiger partial charge in [0.15, 0.2) is 0 Å². The SMILES string of the molecule is CCC(C(=O)O)c1ccncc1P(=O)(O)Cc1ccccc1. The molecule has 0 spiro atoms. The van der Waals surface area contributed by atoms with Crippen LogP contribution in [-0.2, 0) is 15.5 Å². The van der Waals surface area contributed by atoms with Gasteiger partial charge in [0.25, 0.3) is 0 Å². The summed E-state index contributed by atoms with van der Waals surface area (Å²) in [5.41, 5.74) is 1.10. The normalized spacial score (nSPS) is 15.0. The molecular formula is C16H18NO4P. The molecule has 0 saturated carbocycles. The van der Waals surface area contributed by atoms with Crippen molar-refractivity contribution >= 4 is 18.6 Å². The number of carboxylic acid groups (broad SMARTS) is 1. The van der Waals surface area contributed by atoms with Crippen molar-refractivity contribution in [2.45, 2.75) is 25.4 Å². The van der Waals surface area contributed by atoms with Crippen molar-refractivity contribution in [1.29, 1.82) is 0 Å². The molecule has 1 aromatic heterocycles. The summed E-state index contributed by atoms with van der Waals surface area (Å²) in [7, 11) is -3.74. The van der Waals surface area contributed by atoms with Gasteiger partial charge >= 0.3 is 5.97 Å². The van der Waals surface area contributed by atoms with Gasteiger partial charge in [0.05, 0.1) is 17.4 Å². The van der Waals surface area contributed by atoms with Crippen LogP contribution in [0.25, 0.3) is 0 Å². The summed E-state index contributed by atoms with van der Waals surface area (Å²) in [5.74, 6) is -1.82. The van der Waals surface area contributed by atoms with Crippen LogP contribution >= 0.6 is 7.37 Å². The van der Waals surface area contributed by atoms with E-state index in [1.165, 1.54) is 18.5 Å². The molecule has 0 radical (unpaired) electrons. The highest BCUT2D eigenvalue weighted by molar-refractivity contribution is 7.65. The van der Waals surface area contributed by atoms with E-state index in [2.05, 4.69) is 4.98 Å². The minimum absolute atomic E-state index is 0.0391. The molecule has 2 unspecified atom stereocenters. The fourth-order valence-corrected chi connectivity index (χ4v) is 4.18. The van der Waals surface area contributed by atoms with Crippen molar-refractivity contribution in [2.75, 3.05) is 0 Å². The Labute approximate surface area is 129 Å². The van der Waals surface area contributed by atoms with Crippen molar-refractivity contribution < 1.29 is 19.4 Å². The Morgan fingerprint density at radius 3 is 2.55 bits per heavy atom. The standard InChI is InChI=1S/C16H18NO4P/c1-2-13(16(18)19)14-8-9-17-10-15(14)22(20,21)11-12-6-4-3-5-7-12/h3-10,13H,2,11H2,1H3,(H,18,19)(H,20,21). The summed E-state index contributed by atoms with van der Waals surface area (Å²) >= 11 is 0. The summed E-state index contributed by atoms with van der Waals surface area (Å²) in [6, 6.07) is 10.5. The first kappa shape index (κ1) is 16.4. The first-order valence-electron chi connectivity index (χ1n) is 6.98. The predicted octanol–water partition coefficient (Wildman–Crippen LogP) is 2.76. The molecule has 5 nitrogen and oxygen atoms in total. The predicted molar refractivity (Wildman–Crippen MR) is 84.5 cm³/mol. The molecule has 6 heteroatoms.